The van der Waals surface area contributed by atoms with Crippen LogP contribution in [0.15, 0.2) is 61.2 Å². The Balaban J connectivity index is 1.82. The number of nitrogens with two attached hydrogens (primary N) is 1. The van der Waals surface area contributed by atoms with Gasteiger partial charge in [-0.3, -0.25) is 9.67 Å². The van der Waals surface area contributed by atoms with Crippen LogP contribution < -0.4 is 5.73 Å². The van der Waals surface area contributed by atoms with E-state index in [0.29, 0.717) is 0 Å². The van der Waals surface area contributed by atoms with E-state index in [9.17, 15) is 0 Å². The lowest BCUT2D eigenvalue weighted by Gasteiger charge is -2.01. The second-order valence-corrected chi connectivity index (χ2v) is 4.40. The van der Waals surface area contributed by atoms with Crippen molar-refractivity contribution in [3.8, 4) is 11.1 Å². The van der Waals surface area contributed by atoms with Crippen LogP contribution in [0.4, 0.5) is 5.69 Å². The maximum atomic E-state index is 5.69. The molecule has 94 valence electrons. The summed E-state index contributed by atoms with van der Waals surface area (Å²) in [7, 11) is 0. The molecule has 0 radical (unpaired) electrons. The first kappa shape index (κ1) is 11.5. The maximum absolute atomic E-state index is 5.69. The van der Waals surface area contributed by atoms with E-state index in [-0.39, 0.29) is 0 Å². The lowest BCUT2D eigenvalue weighted by atomic mass is 10.1. The molecule has 3 rings (SSSR count). The van der Waals surface area contributed by atoms with Crippen LogP contribution in [0.5, 0.6) is 0 Å². The quantitative estimate of drug-likeness (QED) is 0.727. The Morgan fingerprint density at radius 2 is 1.68 bits per heavy atom. The molecule has 19 heavy (non-hydrogen) atoms. The van der Waals surface area contributed by atoms with Crippen molar-refractivity contribution in [2.75, 3.05) is 5.73 Å². The van der Waals surface area contributed by atoms with Gasteiger partial charge in [-0.25, -0.2) is 0 Å². The fraction of sp³-hybridized carbons (Fsp3) is 0.0667. The second-order valence-electron chi connectivity index (χ2n) is 4.40. The highest BCUT2D eigenvalue weighted by Crippen LogP contribution is 2.19. The molecule has 0 unspecified atom stereocenters. The number of rotatable bonds is 3. The second kappa shape index (κ2) is 4.94. The molecule has 2 heterocycles. The average molecular weight is 250 g/mol. The molecule has 0 saturated carbocycles. The van der Waals surface area contributed by atoms with Crippen molar-refractivity contribution in [1.29, 1.82) is 0 Å². The zero-order valence-corrected chi connectivity index (χ0v) is 10.4. The number of aromatic nitrogens is 3. The zero-order valence-electron chi connectivity index (χ0n) is 10.4. The fourth-order valence-electron chi connectivity index (χ4n) is 1.95. The van der Waals surface area contributed by atoms with E-state index in [1.165, 1.54) is 5.56 Å². The van der Waals surface area contributed by atoms with Gasteiger partial charge in [-0.15, -0.1) is 0 Å². The zero-order chi connectivity index (χ0) is 13.1. The van der Waals surface area contributed by atoms with E-state index >= 15 is 0 Å². The fourth-order valence-corrected chi connectivity index (χ4v) is 1.95. The smallest absolute Gasteiger partial charge is 0.0660 e. The van der Waals surface area contributed by atoms with Gasteiger partial charge in [0.2, 0.25) is 0 Å². The monoisotopic (exact) mass is 250 g/mol. The molecule has 4 heteroatoms. The van der Waals surface area contributed by atoms with Gasteiger partial charge < -0.3 is 5.73 Å². The van der Waals surface area contributed by atoms with Crippen molar-refractivity contribution in [2.45, 2.75) is 6.54 Å². The number of nitrogen functional groups attached to an aromatic ring is 1. The van der Waals surface area contributed by atoms with Crippen molar-refractivity contribution in [1.82, 2.24) is 14.8 Å². The molecule has 0 aliphatic heterocycles. The topological polar surface area (TPSA) is 56.7 Å². The van der Waals surface area contributed by atoms with E-state index in [0.717, 1.165) is 23.4 Å². The van der Waals surface area contributed by atoms with Crippen LogP contribution in [-0.2, 0) is 6.54 Å². The molecular weight excluding hydrogens is 236 g/mol. The minimum absolute atomic E-state index is 0.748. The SMILES string of the molecule is Nc1ccc(-c2cnn(Cc3ccncc3)c2)cc1. The van der Waals surface area contributed by atoms with Crippen LogP contribution in [0.25, 0.3) is 11.1 Å². The van der Waals surface area contributed by atoms with Gasteiger partial charge in [0.15, 0.2) is 0 Å². The van der Waals surface area contributed by atoms with Crippen LogP contribution >= 0.6 is 0 Å². The van der Waals surface area contributed by atoms with Gasteiger partial charge in [0, 0.05) is 29.8 Å². The number of benzene rings is 1. The normalized spacial score (nSPS) is 10.5. The van der Waals surface area contributed by atoms with Crippen LogP contribution in [0.2, 0.25) is 0 Å². The van der Waals surface area contributed by atoms with E-state index in [4.69, 9.17) is 5.73 Å². The molecule has 0 fully saturated rings. The molecule has 0 aliphatic carbocycles. The molecule has 2 N–H and O–H groups in total. The van der Waals surface area contributed by atoms with Crippen molar-refractivity contribution in [3.63, 3.8) is 0 Å². The Labute approximate surface area is 111 Å². The summed E-state index contributed by atoms with van der Waals surface area (Å²) in [6, 6.07) is 11.8. The van der Waals surface area contributed by atoms with Crippen LogP contribution in [0.3, 0.4) is 0 Å². The molecule has 0 aliphatic rings. The summed E-state index contributed by atoms with van der Waals surface area (Å²) in [6.45, 7) is 0.748. The van der Waals surface area contributed by atoms with Gasteiger partial charge in [0.1, 0.15) is 0 Å². The highest BCUT2D eigenvalue weighted by atomic mass is 15.3. The highest BCUT2D eigenvalue weighted by Gasteiger charge is 2.02. The Bertz CT molecular complexity index is 656. The summed E-state index contributed by atoms with van der Waals surface area (Å²) in [6.07, 6.45) is 7.48. The van der Waals surface area contributed by atoms with Crippen molar-refractivity contribution >= 4 is 5.69 Å². The third kappa shape index (κ3) is 2.63. The first-order chi connectivity index (χ1) is 9.31. The molecule has 2 aromatic heterocycles. The first-order valence-electron chi connectivity index (χ1n) is 6.08. The first-order valence-corrected chi connectivity index (χ1v) is 6.08. The van der Waals surface area contributed by atoms with E-state index in [1.807, 2.05) is 53.5 Å². The number of nitrogens with zero attached hydrogens (tertiary/aromatic N) is 3. The van der Waals surface area contributed by atoms with E-state index in [1.54, 1.807) is 12.4 Å². The summed E-state index contributed by atoms with van der Waals surface area (Å²) in [5, 5.41) is 4.38. The van der Waals surface area contributed by atoms with Crippen molar-refractivity contribution < 1.29 is 0 Å². The van der Waals surface area contributed by atoms with Crippen molar-refractivity contribution in [3.05, 3.63) is 66.7 Å². The Hall–Kier alpha value is -2.62. The molecule has 0 bridgehead atoms. The molecule has 0 amide bonds. The Morgan fingerprint density at radius 1 is 0.947 bits per heavy atom. The minimum atomic E-state index is 0.748. The third-order valence-electron chi connectivity index (χ3n) is 2.97. The lowest BCUT2D eigenvalue weighted by molar-refractivity contribution is 0.686. The highest BCUT2D eigenvalue weighted by molar-refractivity contribution is 5.63. The molecule has 0 atom stereocenters. The molecule has 0 saturated heterocycles. The van der Waals surface area contributed by atoms with Gasteiger partial charge in [-0.05, 0) is 35.4 Å². The van der Waals surface area contributed by atoms with Gasteiger partial charge in [0.05, 0.1) is 12.7 Å². The van der Waals surface area contributed by atoms with Gasteiger partial charge in [-0.1, -0.05) is 12.1 Å². The van der Waals surface area contributed by atoms with Gasteiger partial charge in [-0.2, -0.15) is 5.10 Å². The Morgan fingerprint density at radius 3 is 2.42 bits per heavy atom. The predicted octanol–water partition coefficient (Wildman–Crippen LogP) is 2.58. The van der Waals surface area contributed by atoms with Crippen LogP contribution in [0.1, 0.15) is 5.56 Å². The minimum Gasteiger partial charge on any atom is -0.399 e. The van der Waals surface area contributed by atoms with Gasteiger partial charge in [0.25, 0.3) is 0 Å². The molecule has 3 aromatic rings. The largest absolute Gasteiger partial charge is 0.399 e. The van der Waals surface area contributed by atoms with Gasteiger partial charge >= 0.3 is 0 Å². The number of pyridine rings is 1. The summed E-state index contributed by atoms with van der Waals surface area (Å²) in [5.74, 6) is 0. The average Bonchev–Trinajstić information content (AvgIpc) is 2.89. The number of hydrogen-bond donors (Lipinski definition) is 1. The lowest BCUT2D eigenvalue weighted by Crippen LogP contribution is -1.99. The van der Waals surface area contributed by atoms with Crippen LogP contribution in [-0.4, -0.2) is 14.8 Å². The van der Waals surface area contributed by atoms with Crippen molar-refractivity contribution in [2.24, 2.45) is 0 Å². The standard InChI is InChI=1S/C15H14N4/c16-15-3-1-13(2-4-15)14-9-18-19(11-14)10-12-5-7-17-8-6-12/h1-9,11H,10,16H2. The predicted molar refractivity (Wildman–Crippen MR) is 75.4 cm³/mol. The summed E-state index contributed by atoms with van der Waals surface area (Å²) in [4.78, 5) is 4.01. The van der Waals surface area contributed by atoms with E-state index in [2.05, 4.69) is 10.1 Å². The summed E-state index contributed by atoms with van der Waals surface area (Å²) < 4.78 is 1.92. The summed E-state index contributed by atoms with van der Waals surface area (Å²) in [5.41, 5.74) is 9.85. The Kier molecular flexibility index (Phi) is 2.98. The number of anilines is 1. The van der Waals surface area contributed by atoms with Crippen LogP contribution in [0, 0.1) is 0 Å². The summed E-state index contributed by atoms with van der Waals surface area (Å²) >= 11 is 0. The molecule has 1 aromatic carbocycles. The molecular formula is C15H14N4. The number of hydrogen-bond acceptors (Lipinski definition) is 3. The maximum Gasteiger partial charge on any atom is 0.0660 e. The third-order valence-corrected chi connectivity index (χ3v) is 2.97. The molecule has 4 nitrogen and oxygen atoms in total. The van der Waals surface area contributed by atoms with E-state index < -0.39 is 0 Å². The molecule has 0 spiro atoms.